The number of para-hydroxylation sites is 1. The first-order valence-electron chi connectivity index (χ1n) is 13.7. The summed E-state index contributed by atoms with van der Waals surface area (Å²) in [6.07, 6.45) is 7.63. The Balaban J connectivity index is 1.23. The number of amides is 1. The zero-order valence-corrected chi connectivity index (χ0v) is 22.8. The number of hydrogen-bond acceptors (Lipinski definition) is 8. The maximum absolute atomic E-state index is 12.3. The Morgan fingerprint density at radius 1 is 1.08 bits per heavy atom. The van der Waals surface area contributed by atoms with E-state index in [0.717, 1.165) is 52.4 Å². The van der Waals surface area contributed by atoms with Crippen molar-refractivity contribution in [1.82, 2.24) is 30.2 Å². The average Bonchev–Trinajstić information content (AvgIpc) is 3.46. The minimum Gasteiger partial charge on any atom is -0.369 e. The van der Waals surface area contributed by atoms with E-state index in [2.05, 4.69) is 60.7 Å². The molecule has 1 aliphatic rings. The maximum Gasteiger partial charge on any atom is 0.251 e. The van der Waals surface area contributed by atoms with Crippen LogP contribution in [0.3, 0.4) is 0 Å². The van der Waals surface area contributed by atoms with E-state index in [9.17, 15) is 4.79 Å². The Kier molecular flexibility index (Phi) is 8.27. The number of nitrogens with one attached hydrogen (secondary N) is 3. The van der Waals surface area contributed by atoms with Crippen LogP contribution in [0, 0.1) is 0 Å². The minimum absolute atomic E-state index is 0.117. The van der Waals surface area contributed by atoms with Crippen molar-refractivity contribution in [1.29, 1.82) is 0 Å². The van der Waals surface area contributed by atoms with E-state index in [4.69, 9.17) is 0 Å². The fraction of sp³-hybridized carbons (Fsp3) is 0.367. The van der Waals surface area contributed by atoms with Gasteiger partial charge < -0.3 is 16.0 Å². The second-order valence-electron chi connectivity index (χ2n) is 9.99. The van der Waals surface area contributed by atoms with Gasteiger partial charge in [-0.25, -0.2) is 15.0 Å². The molecule has 1 fully saturated rings. The number of hydrogen-bond donors (Lipinski definition) is 3. The van der Waals surface area contributed by atoms with E-state index in [0.29, 0.717) is 18.2 Å². The Morgan fingerprint density at radius 3 is 2.77 bits per heavy atom. The van der Waals surface area contributed by atoms with E-state index >= 15 is 0 Å². The molecule has 0 spiro atoms. The van der Waals surface area contributed by atoms with Crippen LogP contribution in [0.1, 0.15) is 48.5 Å². The molecule has 5 rings (SSSR count). The van der Waals surface area contributed by atoms with Crippen LogP contribution in [0.5, 0.6) is 0 Å². The van der Waals surface area contributed by atoms with E-state index < -0.39 is 0 Å². The standard InChI is InChI=1S/C30H36N8O/c1-4-38-14-6-7-22(38)18-35-27-11-10-21(17-34-27)26-15-28(37-19-36-26)33-16-20(2)23-8-5-9-24-25(30(39)31-3)12-13-32-29(23)24/h5,8-13,15,17,19-20,22H,4,6-7,14,16,18H2,1-3H3,(H,31,39)(H,34,35)(H,33,36,37). The summed E-state index contributed by atoms with van der Waals surface area (Å²) >= 11 is 0. The first kappa shape index (κ1) is 26.5. The monoisotopic (exact) mass is 524 g/mol. The number of anilines is 2. The largest absolute Gasteiger partial charge is 0.369 e. The number of nitrogens with zero attached hydrogens (tertiary/aromatic N) is 5. The number of aromatic nitrogens is 4. The molecule has 1 aromatic carbocycles. The third-order valence-corrected chi connectivity index (χ3v) is 7.54. The van der Waals surface area contributed by atoms with Crippen LogP contribution in [0.2, 0.25) is 0 Å². The van der Waals surface area contributed by atoms with Gasteiger partial charge in [0.15, 0.2) is 0 Å². The molecule has 0 radical (unpaired) electrons. The van der Waals surface area contributed by atoms with Crippen molar-refractivity contribution in [2.24, 2.45) is 0 Å². The van der Waals surface area contributed by atoms with Crippen molar-refractivity contribution in [2.45, 2.75) is 38.6 Å². The lowest BCUT2D eigenvalue weighted by Gasteiger charge is -2.23. The molecule has 0 aliphatic carbocycles. The van der Waals surface area contributed by atoms with Crippen LogP contribution in [0.4, 0.5) is 11.6 Å². The number of pyridine rings is 2. The van der Waals surface area contributed by atoms with Gasteiger partial charge in [0.25, 0.3) is 5.91 Å². The summed E-state index contributed by atoms with van der Waals surface area (Å²) in [5.74, 6) is 1.64. The van der Waals surface area contributed by atoms with E-state index in [1.54, 1.807) is 25.6 Å². The smallest absolute Gasteiger partial charge is 0.251 e. The SMILES string of the molecule is CCN1CCCC1CNc1ccc(-c2cc(NCC(C)c3cccc4c(C(=O)NC)ccnc34)ncn2)cn1. The molecule has 3 N–H and O–H groups in total. The Hall–Kier alpha value is -4.11. The van der Waals surface area contributed by atoms with Crippen molar-refractivity contribution in [3.63, 3.8) is 0 Å². The first-order chi connectivity index (χ1) is 19.1. The summed E-state index contributed by atoms with van der Waals surface area (Å²) in [7, 11) is 1.64. The molecule has 2 unspecified atom stereocenters. The van der Waals surface area contributed by atoms with Gasteiger partial charge >= 0.3 is 0 Å². The lowest BCUT2D eigenvalue weighted by molar-refractivity contribution is 0.0964. The van der Waals surface area contributed by atoms with Crippen LogP contribution in [0.15, 0.2) is 61.2 Å². The number of likely N-dealkylation sites (N-methyl/N-ethyl adjacent to an activating group) is 1. The Labute approximate surface area is 229 Å². The number of benzene rings is 1. The van der Waals surface area contributed by atoms with Crippen molar-refractivity contribution in [3.8, 4) is 11.3 Å². The molecule has 2 atom stereocenters. The highest BCUT2D eigenvalue weighted by Gasteiger charge is 2.22. The molecule has 1 amide bonds. The summed E-state index contributed by atoms with van der Waals surface area (Å²) in [4.78, 5) is 32.9. The summed E-state index contributed by atoms with van der Waals surface area (Å²) in [6, 6.07) is 14.3. The van der Waals surface area contributed by atoms with Crippen molar-refractivity contribution in [2.75, 3.05) is 43.9 Å². The zero-order valence-electron chi connectivity index (χ0n) is 22.8. The van der Waals surface area contributed by atoms with E-state index in [1.165, 1.54) is 19.4 Å². The molecule has 202 valence electrons. The minimum atomic E-state index is -0.117. The summed E-state index contributed by atoms with van der Waals surface area (Å²) < 4.78 is 0. The molecule has 9 heteroatoms. The lowest BCUT2D eigenvalue weighted by Crippen LogP contribution is -2.34. The second kappa shape index (κ2) is 12.2. The van der Waals surface area contributed by atoms with Gasteiger partial charge in [-0.3, -0.25) is 14.7 Å². The van der Waals surface area contributed by atoms with Crippen LogP contribution in [-0.2, 0) is 0 Å². The van der Waals surface area contributed by atoms with Gasteiger partial charge in [-0.05, 0) is 49.7 Å². The molecule has 0 saturated carbocycles. The molecule has 1 saturated heterocycles. The molecule has 1 aliphatic heterocycles. The van der Waals surface area contributed by atoms with Crippen LogP contribution in [-0.4, -0.2) is 70.0 Å². The highest BCUT2D eigenvalue weighted by Crippen LogP contribution is 2.27. The first-order valence-corrected chi connectivity index (χ1v) is 13.7. The van der Waals surface area contributed by atoms with Gasteiger partial charge in [0, 0.05) is 61.5 Å². The van der Waals surface area contributed by atoms with E-state index in [1.807, 2.05) is 36.5 Å². The van der Waals surface area contributed by atoms with Crippen molar-refractivity contribution < 1.29 is 4.79 Å². The molecule has 4 heterocycles. The second-order valence-corrected chi connectivity index (χ2v) is 9.99. The van der Waals surface area contributed by atoms with Gasteiger partial charge in [-0.2, -0.15) is 0 Å². The lowest BCUT2D eigenvalue weighted by atomic mass is 9.96. The van der Waals surface area contributed by atoms with Crippen LogP contribution < -0.4 is 16.0 Å². The Morgan fingerprint density at radius 2 is 1.97 bits per heavy atom. The highest BCUT2D eigenvalue weighted by molar-refractivity contribution is 6.06. The van der Waals surface area contributed by atoms with Gasteiger partial charge in [0.05, 0.1) is 16.8 Å². The van der Waals surface area contributed by atoms with Crippen LogP contribution in [0.25, 0.3) is 22.2 Å². The van der Waals surface area contributed by atoms with Crippen molar-refractivity contribution in [3.05, 3.63) is 72.3 Å². The summed E-state index contributed by atoms with van der Waals surface area (Å²) in [6.45, 7) is 8.22. The molecular weight excluding hydrogens is 488 g/mol. The average molecular weight is 525 g/mol. The number of fused-ring (bicyclic) bond motifs is 1. The van der Waals surface area contributed by atoms with Gasteiger partial charge in [-0.15, -0.1) is 0 Å². The molecule has 39 heavy (non-hydrogen) atoms. The van der Waals surface area contributed by atoms with Gasteiger partial charge in [-0.1, -0.05) is 32.0 Å². The summed E-state index contributed by atoms with van der Waals surface area (Å²) in [5.41, 5.74) is 4.30. The molecule has 0 bridgehead atoms. The highest BCUT2D eigenvalue weighted by atomic mass is 16.1. The fourth-order valence-electron chi connectivity index (χ4n) is 5.32. The number of likely N-dealkylation sites (tertiary alicyclic amines) is 1. The van der Waals surface area contributed by atoms with Gasteiger partial charge in [0.2, 0.25) is 0 Å². The number of carbonyl (C=O) groups excluding carboxylic acids is 1. The number of rotatable bonds is 10. The molecule has 4 aromatic rings. The fourth-order valence-corrected chi connectivity index (χ4v) is 5.32. The van der Waals surface area contributed by atoms with Gasteiger partial charge in [0.1, 0.15) is 18.0 Å². The number of carbonyl (C=O) groups is 1. The molecule has 3 aromatic heterocycles. The zero-order chi connectivity index (χ0) is 27.2. The van der Waals surface area contributed by atoms with E-state index in [-0.39, 0.29) is 11.8 Å². The summed E-state index contributed by atoms with van der Waals surface area (Å²) in [5, 5.41) is 10.5. The topological polar surface area (TPSA) is 108 Å². The Bertz CT molecular complexity index is 1420. The predicted octanol–water partition coefficient (Wildman–Crippen LogP) is 4.56. The normalized spacial score (nSPS) is 16.2. The third kappa shape index (κ3) is 5.98. The predicted molar refractivity (Wildman–Crippen MR) is 156 cm³/mol. The third-order valence-electron chi connectivity index (χ3n) is 7.54. The quantitative estimate of drug-likeness (QED) is 0.277. The van der Waals surface area contributed by atoms with Crippen LogP contribution >= 0.6 is 0 Å². The van der Waals surface area contributed by atoms with Crippen molar-refractivity contribution >= 4 is 28.4 Å². The maximum atomic E-state index is 12.3. The molecular formula is C30H36N8O. The molecule has 9 nitrogen and oxygen atoms in total.